The number of amides is 3. The summed E-state index contributed by atoms with van der Waals surface area (Å²) >= 11 is 0. The zero-order chi connectivity index (χ0) is 32.2. The number of hydrogen-bond donors (Lipinski definition) is 8. The molecule has 0 radical (unpaired) electrons. The predicted molar refractivity (Wildman–Crippen MR) is 157 cm³/mol. The van der Waals surface area contributed by atoms with Gasteiger partial charge in [0.1, 0.15) is 18.1 Å². The smallest absolute Gasteiger partial charge is 0.326 e. The molecule has 0 saturated heterocycles. The Morgan fingerprint density at radius 2 is 1.23 bits per heavy atom. The third kappa shape index (κ3) is 9.94. The standard InChI is InChI=1S/C30H35N5O9/c31-20(15-18-16-32-21-9-5-4-8-19(18)21)27(40)33-22(10-12-25(36)37)28(41)35-24(14-17-6-2-1-3-7-17)29(42)34-23(30(43)44)11-13-26(38)39/h1-9,16,20,22-24,32H,10-15,31H2,(H,33,40)(H,34,42)(H,35,41)(H,36,37)(H,38,39)(H,43,44). The van der Waals surface area contributed by atoms with Gasteiger partial charge in [0.05, 0.1) is 6.04 Å². The number of rotatable bonds is 17. The normalized spacial score (nSPS) is 13.7. The van der Waals surface area contributed by atoms with Gasteiger partial charge in [0.25, 0.3) is 0 Å². The maximum atomic E-state index is 13.4. The van der Waals surface area contributed by atoms with Crippen LogP contribution in [0.4, 0.5) is 0 Å². The van der Waals surface area contributed by atoms with E-state index in [0.717, 1.165) is 16.5 Å². The topological polar surface area (TPSA) is 241 Å². The molecule has 0 saturated carbocycles. The molecule has 3 amide bonds. The Labute approximate surface area is 252 Å². The Morgan fingerprint density at radius 1 is 0.682 bits per heavy atom. The van der Waals surface area contributed by atoms with Crippen molar-refractivity contribution in [3.63, 3.8) is 0 Å². The van der Waals surface area contributed by atoms with Gasteiger partial charge in [-0.05, 0) is 36.5 Å². The Bertz CT molecular complexity index is 1490. The summed E-state index contributed by atoms with van der Waals surface area (Å²) in [4.78, 5) is 76.7. The molecular formula is C30H35N5O9. The molecule has 0 aliphatic heterocycles. The molecule has 9 N–H and O–H groups in total. The molecule has 44 heavy (non-hydrogen) atoms. The van der Waals surface area contributed by atoms with Crippen molar-refractivity contribution in [1.82, 2.24) is 20.9 Å². The molecule has 0 bridgehead atoms. The number of carbonyl (C=O) groups is 6. The molecule has 3 aromatic rings. The zero-order valence-corrected chi connectivity index (χ0v) is 23.7. The van der Waals surface area contributed by atoms with Gasteiger partial charge in [-0.2, -0.15) is 0 Å². The number of hydrogen-bond acceptors (Lipinski definition) is 7. The fraction of sp³-hybridized carbons (Fsp3) is 0.333. The average molecular weight is 610 g/mol. The Morgan fingerprint density at radius 3 is 1.86 bits per heavy atom. The molecule has 234 valence electrons. The van der Waals surface area contributed by atoms with Gasteiger partial charge in [0.15, 0.2) is 0 Å². The van der Waals surface area contributed by atoms with Gasteiger partial charge in [0, 0.05) is 36.4 Å². The lowest BCUT2D eigenvalue weighted by Crippen LogP contribution is -2.57. The SMILES string of the molecule is NC(Cc1c[nH]c2ccccc12)C(=O)NC(CCC(=O)O)C(=O)NC(Cc1ccccc1)C(=O)NC(CCC(=O)O)C(=O)O. The predicted octanol–water partition coefficient (Wildman–Crippen LogP) is 0.549. The average Bonchev–Trinajstić information content (AvgIpc) is 3.39. The highest BCUT2D eigenvalue weighted by Gasteiger charge is 2.31. The Kier molecular flexibility index (Phi) is 12.0. The van der Waals surface area contributed by atoms with E-state index in [1.807, 2.05) is 24.3 Å². The number of carboxylic acids is 3. The van der Waals surface area contributed by atoms with Crippen LogP contribution in [0.2, 0.25) is 0 Å². The van der Waals surface area contributed by atoms with E-state index < -0.39 is 79.1 Å². The third-order valence-corrected chi connectivity index (χ3v) is 6.91. The first-order chi connectivity index (χ1) is 20.9. The summed E-state index contributed by atoms with van der Waals surface area (Å²) in [6, 6.07) is 10.5. The minimum atomic E-state index is -1.54. The second-order valence-electron chi connectivity index (χ2n) is 10.2. The van der Waals surface area contributed by atoms with Crippen LogP contribution in [0, 0.1) is 0 Å². The Hall–Kier alpha value is -5.24. The van der Waals surface area contributed by atoms with Crippen LogP contribution in [-0.2, 0) is 41.6 Å². The molecule has 3 rings (SSSR count). The summed E-state index contributed by atoms with van der Waals surface area (Å²) in [5, 5.41) is 35.8. The Balaban J connectivity index is 1.77. The fourth-order valence-corrected chi connectivity index (χ4v) is 4.57. The number of benzene rings is 2. The van der Waals surface area contributed by atoms with Crippen molar-refractivity contribution in [2.75, 3.05) is 0 Å². The molecule has 1 heterocycles. The number of fused-ring (bicyclic) bond motifs is 1. The van der Waals surface area contributed by atoms with Gasteiger partial charge >= 0.3 is 17.9 Å². The number of carboxylic acid groups (broad SMARTS) is 3. The molecule has 0 fully saturated rings. The first-order valence-corrected chi connectivity index (χ1v) is 13.9. The van der Waals surface area contributed by atoms with E-state index in [2.05, 4.69) is 20.9 Å². The van der Waals surface area contributed by atoms with Crippen molar-refractivity contribution in [2.45, 2.75) is 62.7 Å². The van der Waals surface area contributed by atoms with Crippen molar-refractivity contribution < 1.29 is 44.1 Å². The van der Waals surface area contributed by atoms with Crippen LogP contribution in [0.1, 0.15) is 36.8 Å². The summed E-state index contributed by atoms with van der Waals surface area (Å²) in [6.45, 7) is 0. The maximum Gasteiger partial charge on any atom is 0.326 e. The first kappa shape index (κ1) is 33.3. The highest BCUT2D eigenvalue weighted by atomic mass is 16.4. The first-order valence-electron chi connectivity index (χ1n) is 13.9. The van der Waals surface area contributed by atoms with Crippen molar-refractivity contribution in [3.8, 4) is 0 Å². The van der Waals surface area contributed by atoms with E-state index in [4.69, 9.17) is 10.8 Å². The quantitative estimate of drug-likeness (QED) is 0.106. The minimum Gasteiger partial charge on any atom is -0.481 e. The summed E-state index contributed by atoms with van der Waals surface area (Å²) in [5.41, 5.74) is 8.38. The molecule has 0 aliphatic carbocycles. The summed E-state index contributed by atoms with van der Waals surface area (Å²) < 4.78 is 0. The highest BCUT2D eigenvalue weighted by Crippen LogP contribution is 2.19. The zero-order valence-electron chi connectivity index (χ0n) is 23.7. The maximum absolute atomic E-state index is 13.4. The number of aromatic amines is 1. The van der Waals surface area contributed by atoms with Crippen molar-refractivity contribution in [3.05, 3.63) is 71.9 Å². The van der Waals surface area contributed by atoms with E-state index in [-0.39, 0.29) is 19.3 Å². The summed E-state index contributed by atoms with van der Waals surface area (Å²) in [6.07, 6.45) is 0.0478. The van der Waals surface area contributed by atoms with E-state index in [9.17, 15) is 39.0 Å². The second kappa shape index (κ2) is 15.8. The molecular weight excluding hydrogens is 574 g/mol. The number of aliphatic carboxylic acids is 3. The molecule has 14 heteroatoms. The van der Waals surface area contributed by atoms with Crippen molar-refractivity contribution in [1.29, 1.82) is 0 Å². The van der Waals surface area contributed by atoms with Crippen LogP contribution < -0.4 is 21.7 Å². The van der Waals surface area contributed by atoms with E-state index >= 15 is 0 Å². The lowest BCUT2D eigenvalue weighted by atomic mass is 10.0. The van der Waals surface area contributed by atoms with Crippen LogP contribution in [0.5, 0.6) is 0 Å². The second-order valence-corrected chi connectivity index (χ2v) is 10.2. The molecule has 1 aromatic heterocycles. The van der Waals surface area contributed by atoms with E-state index in [1.165, 1.54) is 0 Å². The highest BCUT2D eigenvalue weighted by molar-refractivity contribution is 5.95. The van der Waals surface area contributed by atoms with Gasteiger partial charge in [-0.25, -0.2) is 4.79 Å². The minimum absolute atomic E-state index is 0.0800. The molecule has 4 unspecified atom stereocenters. The van der Waals surface area contributed by atoms with Crippen LogP contribution in [0.15, 0.2) is 60.8 Å². The monoisotopic (exact) mass is 609 g/mol. The van der Waals surface area contributed by atoms with Crippen LogP contribution in [0.3, 0.4) is 0 Å². The summed E-state index contributed by atoms with van der Waals surface area (Å²) in [5.74, 6) is -6.43. The number of nitrogens with two attached hydrogens (primary N) is 1. The van der Waals surface area contributed by atoms with Crippen molar-refractivity contribution in [2.24, 2.45) is 5.73 Å². The largest absolute Gasteiger partial charge is 0.481 e. The number of aromatic nitrogens is 1. The van der Waals surface area contributed by atoms with Gasteiger partial charge in [-0.1, -0.05) is 48.5 Å². The molecule has 4 atom stereocenters. The van der Waals surface area contributed by atoms with Crippen LogP contribution >= 0.6 is 0 Å². The number of para-hydroxylation sites is 1. The summed E-state index contributed by atoms with van der Waals surface area (Å²) in [7, 11) is 0. The fourth-order valence-electron chi connectivity index (χ4n) is 4.57. The van der Waals surface area contributed by atoms with Crippen molar-refractivity contribution >= 4 is 46.5 Å². The lowest BCUT2D eigenvalue weighted by molar-refractivity contribution is -0.143. The molecule has 0 spiro atoms. The van der Waals surface area contributed by atoms with Gasteiger partial charge < -0.3 is 42.0 Å². The van der Waals surface area contributed by atoms with Gasteiger partial charge in [-0.15, -0.1) is 0 Å². The van der Waals surface area contributed by atoms with Crippen LogP contribution in [-0.4, -0.2) is 80.1 Å². The third-order valence-electron chi connectivity index (χ3n) is 6.91. The lowest BCUT2D eigenvalue weighted by Gasteiger charge is -2.25. The van der Waals surface area contributed by atoms with E-state index in [0.29, 0.717) is 5.56 Å². The number of H-pyrrole nitrogens is 1. The van der Waals surface area contributed by atoms with E-state index in [1.54, 1.807) is 36.5 Å². The molecule has 2 aromatic carbocycles. The molecule has 14 nitrogen and oxygen atoms in total. The number of nitrogens with one attached hydrogen (secondary N) is 4. The van der Waals surface area contributed by atoms with Gasteiger partial charge in [-0.3, -0.25) is 24.0 Å². The molecule has 0 aliphatic rings. The van der Waals surface area contributed by atoms with Gasteiger partial charge in [0.2, 0.25) is 17.7 Å². The number of carbonyl (C=O) groups excluding carboxylic acids is 3. The van der Waals surface area contributed by atoms with Crippen LogP contribution in [0.25, 0.3) is 10.9 Å².